The quantitative estimate of drug-likeness (QED) is 0.854. The first-order valence-corrected chi connectivity index (χ1v) is 6.89. The topological polar surface area (TPSA) is 88.8 Å². The minimum Gasteiger partial charge on any atom is -0.494 e. The summed E-state index contributed by atoms with van der Waals surface area (Å²) in [5.41, 5.74) is 1.45. The number of furan rings is 1. The van der Waals surface area contributed by atoms with Crippen molar-refractivity contribution in [3.8, 4) is 5.75 Å². The molecule has 0 atom stereocenters. The van der Waals surface area contributed by atoms with Crippen LogP contribution in [0.1, 0.15) is 40.0 Å². The Bertz CT molecular complexity index is 690. The molecule has 1 aromatic heterocycles. The largest absolute Gasteiger partial charge is 0.494 e. The molecule has 2 rings (SSSR count). The summed E-state index contributed by atoms with van der Waals surface area (Å²) in [5.74, 6) is -1.30. The molecule has 116 valence electrons. The highest BCUT2D eigenvalue weighted by atomic mass is 16.5. The first-order valence-electron chi connectivity index (χ1n) is 6.89. The molecular formula is C16H17NO5. The van der Waals surface area contributed by atoms with Crippen molar-refractivity contribution in [3.63, 3.8) is 0 Å². The molecule has 0 bridgehead atoms. The van der Waals surface area contributed by atoms with Crippen molar-refractivity contribution in [1.29, 1.82) is 0 Å². The van der Waals surface area contributed by atoms with E-state index in [1.807, 2.05) is 19.9 Å². The van der Waals surface area contributed by atoms with Gasteiger partial charge >= 0.3 is 5.97 Å². The van der Waals surface area contributed by atoms with Gasteiger partial charge < -0.3 is 19.6 Å². The maximum absolute atomic E-state index is 12.0. The SMILES string of the molecule is CCCOc1ccc(NC(=O)c2ccc(C(=O)O)o2)c(C)c1. The number of anilines is 1. The van der Waals surface area contributed by atoms with Gasteiger partial charge in [0.05, 0.1) is 6.61 Å². The highest BCUT2D eigenvalue weighted by Crippen LogP contribution is 2.22. The molecule has 0 fully saturated rings. The summed E-state index contributed by atoms with van der Waals surface area (Å²) in [7, 11) is 0. The number of hydrogen-bond donors (Lipinski definition) is 2. The lowest BCUT2D eigenvalue weighted by molar-refractivity contribution is 0.0660. The normalized spacial score (nSPS) is 10.3. The maximum atomic E-state index is 12.0. The van der Waals surface area contributed by atoms with E-state index < -0.39 is 11.9 Å². The van der Waals surface area contributed by atoms with Crippen molar-refractivity contribution in [1.82, 2.24) is 0 Å². The fraction of sp³-hybridized carbons (Fsp3) is 0.250. The van der Waals surface area contributed by atoms with E-state index in [9.17, 15) is 9.59 Å². The molecule has 1 aromatic carbocycles. The van der Waals surface area contributed by atoms with Gasteiger partial charge in [0.1, 0.15) is 5.75 Å². The number of carbonyl (C=O) groups excluding carboxylic acids is 1. The summed E-state index contributed by atoms with van der Waals surface area (Å²) < 4.78 is 10.5. The molecule has 0 aliphatic rings. The minimum atomic E-state index is -1.22. The van der Waals surface area contributed by atoms with Gasteiger partial charge in [-0.1, -0.05) is 6.92 Å². The second-order valence-corrected chi connectivity index (χ2v) is 4.75. The average molecular weight is 303 g/mol. The number of rotatable bonds is 6. The van der Waals surface area contributed by atoms with E-state index >= 15 is 0 Å². The standard InChI is InChI=1S/C16H17NO5/c1-3-8-21-11-4-5-12(10(2)9-11)17-15(18)13-6-7-14(22-13)16(19)20/h4-7,9H,3,8H2,1-2H3,(H,17,18)(H,19,20). The van der Waals surface area contributed by atoms with E-state index in [1.54, 1.807) is 12.1 Å². The Morgan fingerprint density at radius 3 is 2.55 bits per heavy atom. The molecule has 0 saturated carbocycles. The van der Waals surface area contributed by atoms with E-state index in [0.717, 1.165) is 17.7 Å². The van der Waals surface area contributed by atoms with Gasteiger partial charge in [0.2, 0.25) is 5.76 Å². The fourth-order valence-corrected chi connectivity index (χ4v) is 1.84. The van der Waals surface area contributed by atoms with E-state index in [1.165, 1.54) is 12.1 Å². The van der Waals surface area contributed by atoms with Gasteiger partial charge in [0.15, 0.2) is 5.76 Å². The monoisotopic (exact) mass is 303 g/mol. The molecule has 6 heteroatoms. The Labute approximate surface area is 127 Å². The molecule has 1 heterocycles. The minimum absolute atomic E-state index is 0.0527. The summed E-state index contributed by atoms with van der Waals surface area (Å²) in [4.78, 5) is 22.8. The van der Waals surface area contributed by atoms with Gasteiger partial charge in [-0.2, -0.15) is 0 Å². The van der Waals surface area contributed by atoms with Gasteiger partial charge in [0.25, 0.3) is 5.91 Å². The number of carboxylic acids is 1. The Kier molecular flexibility index (Phi) is 4.83. The highest BCUT2D eigenvalue weighted by molar-refractivity contribution is 6.03. The molecule has 0 unspecified atom stereocenters. The van der Waals surface area contributed by atoms with Gasteiger partial charge in [-0.15, -0.1) is 0 Å². The third-order valence-corrected chi connectivity index (χ3v) is 2.96. The van der Waals surface area contributed by atoms with Gasteiger partial charge in [-0.25, -0.2) is 4.79 Å². The zero-order valence-corrected chi connectivity index (χ0v) is 12.4. The summed E-state index contributed by atoms with van der Waals surface area (Å²) in [6, 6.07) is 7.90. The van der Waals surface area contributed by atoms with E-state index in [-0.39, 0.29) is 11.5 Å². The van der Waals surface area contributed by atoms with Gasteiger partial charge in [-0.05, 0) is 49.2 Å². The van der Waals surface area contributed by atoms with Crippen molar-refractivity contribution in [2.24, 2.45) is 0 Å². The molecule has 22 heavy (non-hydrogen) atoms. The smallest absolute Gasteiger partial charge is 0.371 e. The van der Waals surface area contributed by atoms with Crippen LogP contribution in [0.4, 0.5) is 5.69 Å². The van der Waals surface area contributed by atoms with Crippen LogP contribution >= 0.6 is 0 Å². The van der Waals surface area contributed by atoms with Crippen LogP contribution < -0.4 is 10.1 Å². The number of carbonyl (C=O) groups is 2. The van der Waals surface area contributed by atoms with Crippen LogP contribution in [0.3, 0.4) is 0 Å². The van der Waals surface area contributed by atoms with Crippen LogP contribution in [0.15, 0.2) is 34.7 Å². The molecule has 2 N–H and O–H groups in total. The van der Waals surface area contributed by atoms with Crippen LogP contribution in [0.25, 0.3) is 0 Å². The number of aryl methyl sites for hydroxylation is 1. The van der Waals surface area contributed by atoms with Gasteiger partial charge in [0, 0.05) is 5.69 Å². The summed E-state index contributed by atoms with van der Waals surface area (Å²) >= 11 is 0. The first-order chi connectivity index (χ1) is 10.5. The zero-order valence-electron chi connectivity index (χ0n) is 12.4. The summed E-state index contributed by atoms with van der Waals surface area (Å²) in [6.45, 7) is 4.50. The van der Waals surface area contributed by atoms with Crippen LogP contribution in [0.5, 0.6) is 5.75 Å². The van der Waals surface area contributed by atoms with Crippen molar-refractivity contribution < 1.29 is 23.8 Å². The highest BCUT2D eigenvalue weighted by Gasteiger charge is 2.15. The number of hydrogen-bond acceptors (Lipinski definition) is 4. The number of carboxylic acid groups (broad SMARTS) is 1. The van der Waals surface area contributed by atoms with E-state index in [4.69, 9.17) is 14.3 Å². The maximum Gasteiger partial charge on any atom is 0.371 e. The molecule has 0 radical (unpaired) electrons. The van der Waals surface area contributed by atoms with Crippen molar-refractivity contribution in [2.45, 2.75) is 20.3 Å². The Balaban J connectivity index is 2.09. The summed E-state index contributed by atoms with van der Waals surface area (Å²) in [6.07, 6.45) is 0.919. The predicted molar refractivity (Wildman–Crippen MR) is 80.6 cm³/mol. The molecule has 0 aliphatic heterocycles. The number of nitrogens with one attached hydrogen (secondary N) is 1. The second-order valence-electron chi connectivity index (χ2n) is 4.75. The second kappa shape index (κ2) is 6.80. The van der Waals surface area contributed by atoms with Crippen LogP contribution in [0.2, 0.25) is 0 Å². The Hall–Kier alpha value is -2.76. The summed E-state index contributed by atoms with van der Waals surface area (Å²) in [5, 5.41) is 11.5. The van der Waals surface area contributed by atoms with Gasteiger partial charge in [-0.3, -0.25) is 4.79 Å². The lowest BCUT2D eigenvalue weighted by Gasteiger charge is -2.10. The molecule has 0 saturated heterocycles. The zero-order chi connectivity index (χ0) is 16.1. The van der Waals surface area contributed by atoms with Crippen molar-refractivity contribution in [3.05, 3.63) is 47.4 Å². The Morgan fingerprint density at radius 2 is 1.95 bits per heavy atom. The number of ether oxygens (including phenoxy) is 1. The molecule has 1 amide bonds. The molecular weight excluding hydrogens is 286 g/mol. The predicted octanol–water partition coefficient (Wildman–Crippen LogP) is 3.33. The van der Waals surface area contributed by atoms with E-state index in [0.29, 0.717) is 12.3 Å². The van der Waals surface area contributed by atoms with Crippen molar-refractivity contribution >= 4 is 17.6 Å². The third-order valence-electron chi connectivity index (χ3n) is 2.96. The molecule has 2 aromatic rings. The average Bonchev–Trinajstić information content (AvgIpc) is 2.97. The fourth-order valence-electron chi connectivity index (χ4n) is 1.84. The van der Waals surface area contributed by atoms with Crippen LogP contribution in [-0.2, 0) is 0 Å². The Morgan fingerprint density at radius 1 is 1.23 bits per heavy atom. The number of amides is 1. The molecule has 0 spiro atoms. The lowest BCUT2D eigenvalue weighted by atomic mass is 10.2. The van der Waals surface area contributed by atoms with Crippen LogP contribution in [0, 0.1) is 6.92 Å². The lowest BCUT2D eigenvalue weighted by Crippen LogP contribution is -2.12. The van der Waals surface area contributed by atoms with Crippen LogP contribution in [-0.4, -0.2) is 23.6 Å². The van der Waals surface area contributed by atoms with Crippen molar-refractivity contribution in [2.75, 3.05) is 11.9 Å². The molecule has 0 aliphatic carbocycles. The molecule has 6 nitrogen and oxygen atoms in total. The third kappa shape index (κ3) is 3.66. The van der Waals surface area contributed by atoms with E-state index in [2.05, 4.69) is 5.32 Å². The number of aromatic carboxylic acids is 1. The number of benzene rings is 1. The first kappa shape index (κ1) is 15.6.